The Morgan fingerprint density at radius 1 is 1.04 bits per heavy atom. The number of carboxylic acid groups (broad SMARTS) is 1. The molecule has 1 atom stereocenters. The van der Waals surface area contributed by atoms with E-state index in [0.29, 0.717) is 13.2 Å². The van der Waals surface area contributed by atoms with Gasteiger partial charge in [0.25, 0.3) is 0 Å². The summed E-state index contributed by atoms with van der Waals surface area (Å²) in [5, 5.41) is 12.2. The Morgan fingerprint density at radius 3 is 2.26 bits per heavy atom. The summed E-state index contributed by atoms with van der Waals surface area (Å²) in [7, 11) is 0. The van der Waals surface area contributed by atoms with Gasteiger partial charge in [-0.25, -0.2) is 0 Å². The number of benzene rings is 2. The van der Waals surface area contributed by atoms with Crippen molar-refractivity contribution in [1.29, 1.82) is 0 Å². The molecule has 2 aromatic carbocycles. The number of rotatable bonds is 8. The quantitative estimate of drug-likeness (QED) is 0.783. The van der Waals surface area contributed by atoms with Gasteiger partial charge >= 0.3 is 5.97 Å². The Morgan fingerprint density at radius 2 is 1.70 bits per heavy atom. The first kappa shape index (κ1) is 17.0. The highest BCUT2D eigenvalue weighted by Gasteiger charge is 2.20. The summed E-state index contributed by atoms with van der Waals surface area (Å²) in [6, 6.07) is 17.2. The van der Waals surface area contributed by atoms with E-state index in [4.69, 9.17) is 9.84 Å². The molecule has 2 N–H and O–H groups in total. The number of hydrogen-bond acceptors (Lipinski definition) is 3. The van der Waals surface area contributed by atoms with Crippen molar-refractivity contribution < 1.29 is 14.6 Å². The Balaban J connectivity index is 1.85. The van der Waals surface area contributed by atoms with Gasteiger partial charge in [-0.05, 0) is 29.2 Å². The summed E-state index contributed by atoms with van der Waals surface area (Å²) in [5.41, 5.74) is 2.16. The summed E-state index contributed by atoms with van der Waals surface area (Å²) in [4.78, 5) is 11.2. The smallest absolute Gasteiger partial charge is 0.320 e. The monoisotopic (exact) mass is 313 g/mol. The van der Waals surface area contributed by atoms with Crippen molar-refractivity contribution in [2.75, 3.05) is 0 Å². The van der Waals surface area contributed by atoms with Crippen molar-refractivity contribution in [3.05, 3.63) is 65.7 Å². The first-order valence-corrected chi connectivity index (χ1v) is 7.78. The zero-order chi connectivity index (χ0) is 16.7. The second kappa shape index (κ2) is 8.34. The molecule has 4 nitrogen and oxygen atoms in total. The lowest BCUT2D eigenvalue weighted by molar-refractivity contribution is -0.140. The minimum Gasteiger partial charge on any atom is -0.489 e. The fraction of sp³-hybridized carbons (Fsp3) is 0.316. The van der Waals surface area contributed by atoms with Crippen LogP contribution in [0.4, 0.5) is 0 Å². The highest BCUT2D eigenvalue weighted by atomic mass is 16.5. The van der Waals surface area contributed by atoms with Gasteiger partial charge in [0.15, 0.2) is 0 Å². The average molecular weight is 313 g/mol. The van der Waals surface area contributed by atoms with E-state index < -0.39 is 12.0 Å². The second-order valence-corrected chi connectivity index (χ2v) is 5.86. The van der Waals surface area contributed by atoms with Crippen molar-refractivity contribution in [3.8, 4) is 5.75 Å². The molecule has 4 heteroatoms. The topological polar surface area (TPSA) is 58.6 Å². The summed E-state index contributed by atoms with van der Waals surface area (Å²) in [5.74, 6) is 0.0278. The van der Waals surface area contributed by atoms with Crippen LogP contribution in [0.25, 0.3) is 0 Å². The predicted molar refractivity (Wildman–Crippen MR) is 90.3 cm³/mol. The maximum Gasteiger partial charge on any atom is 0.320 e. The van der Waals surface area contributed by atoms with Crippen LogP contribution in [0, 0.1) is 5.92 Å². The molecular formula is C19H23NO3. The molecular weight excluding hydrogens is 290 g/mol. The molecule has 0 amide bonds. The van der Waals surface area contributed by atoms with E-state index in [1.807, 2.05) is 68.4 Å². The van der Waals surface area contributed by atoms with Crippen molar-refractivity contribution >= 4 is 5.97 Å². The number of ether oxygens (including phenoxy) is 1. The standard InChI is InChI=1S/C19H23NO3/c1-14(2)18(19(21)22)20-12-15-8-10-17(11-9-15)23-13-16-6-4-3-5-7-16/h3-11,14,18,20H,12-13H2,1-2H3,(H,21,22). The summed E-state index contributed by atoms with van der Waals surface area (Å²) in [6.07, 6.45) is 0. The molecule has 0 radical (unpaired) electrons. The number of carboxylic acids is 1. The molecule has 122 valence electrons. The van der Waals surface area contributed by atoms with E-state index in [1.165, 1.54) is 0 Å². The minimum atomic E-state index is -0.817. The first-order chi connectivity index (χ1) is 11.1. The molecule has 0 fully saturated rings. The fourth-order valence-electron chi connectivity index (χ4n) is 2.28. The third-order valence-electron chi connectivity index (χ3n) is 3.63. The van der Waals surface area contributed by atoms with E-state index in [0.717, 1.165) is 16.9 Å². The Hall–Kier alpha value is -2.33. The van der Waals surface area contributed by atoms with E-state index in [-0.39, 0.29) is 5.92 Å². The Labute approximate surface area is 137 Å². The Bertz CT molecular complexity index is 608. The second-order valence-electron chi connectivity index (χ2n) is 5.86. The zero-order valence-electron chi connectivity index (χ0n) is 13.5. The molecule has 0 saturated heterocycles. The van der Waals surface area contributed by atoms with Crippen LogP contribution < -0.4 is 10.1 Å². The average Bonchev–Trinajstić information content (AvgIpc) is 2.54. The van der Waals surface area contributed by atoms with Gasteiger partial charge in [-0.2, -0.15) is 0 Å². The maximum absolute atomic E-state index is 11.2. The van der Waals surface area contributed by atoms with Gasteiger partial charge in [0, 0.05) is 6.54 Å². The van der Waals surface area contributed by atoms with Crippen molar-refractivity contribution in [2.45, 2.75) is 33.0 Å². The summed E-state index contributed by atoms with van der Waals surface area (Å²) >= 11 is 0. The number of hydrogen-bond donors (Lipinski definition) is 2. The van der Waals surface area contributed by atoms with Gasteiger partial charge in [0.1, 0.15) is 18.4 Å². The van der Waals surface area contributed by atoms with Crippen LogP contribution in [0.5, 0.6) is 5.75 Å². The molecule has 0 spiro atoms. The molecule has 0 aliphatic heterocycles. The normalized spacial score (nSPS) is 12.1. The van der Waals surface area contributed by atoms with E-state index in [2.05, 4.69) is 5.32 Å². The van der Waals surface area contributed by atoms with E-state index >= 15 is 0 Å². The molecule has 2 rings (SSSR count). The number of carbonyl (C=O) groups is 1. The van der Waals surface area contributed by atoms with Crippen molar-refractivity contribution in [3.63, 3.8) is 0 Å². The SMILES string of the molecule is CC(C)C(NCc1ccc(OCc2ccccc2)cc1)C(=O)O. The molecule has 0 saturated carbocycles. The molecule has 2 aromatic rings. The van der Waals surface area contributed by atoms with Gasteiger partial charge in [-0.1, -0.05) is 56.3 Å². The van der Waals surface area contributed by atoms with Crippen LogP contribution in [0.1, 0.15) is 25.0 Å². The van der Waals surface area contributed by atoms with Crippen LogP contribution >= 0.6 is 0 Å². The van der Waals surface area contributed by atoms with Gasteiger partial charge < -0.3 is 15.2 Å². The third kappa shape index (κ3) is 5.42. The number of nitrogens with one attached hydrogen (secondary N) is 1. The number of aliphatic carboxylic acids is 1. The Kier molecular flexibility index (Phi) is 6.18. The summed E-state index contributed by atoms with van der Waals surface area (Å²) in [6.45, 7) is 4.85. The highest BCUT2D eigenvalue weighted by molar-refractivity contribution is 5.73. The molecule has 0 aromatic heterocycles. The van der Waals surface area contributed by atoms with Crippen LogP contribution in [-0.4, -0.2) is 17.1 Å². The maximum atomic E-state index is 11.2. The van der Waals surface area contributed by atoms with E-state index in [9.17, 15) is 4.79 Å². The van der Waals surface area contributed by atoms with Crippen LogP contribution in [0.2, 0.25) is 0 Å². The molecule has 0 aliphatic rings. The fourth-order valence-corrected chi connectivity index (χ4v) is 2.28. The van der Waals surface area contributed by atoms with Crippen LogP contribution in [0.15, 0.2) is 54.6 Å². The lowest BCUT2D eigenvalue weighted by Crippen LogP contribution is -2.40. The van der Waals surface area contributed by atoms with Gasteiger partial charge in [-0.15, -0.1) is 0 Å². The third-order valence-corrected chi connectivity index (χ3v) is 3.63. The van der Waals surface area contributed by atoms with Gasteiger partial charge in [0.2, 0.25) is 0 Å². The summed E-state index contributed by atoms with van der Waals surface area (Å²) < 4.78 is 5.73. The van der Waals surface area contributed by atoms with Gasteiger partial charge in [0.05, 0.1) is 0 Å². The highest BCUT2D eigenvalue weighted by Crippen LogP contribution is 2.14. The molecule has 23 heavy (non-hydrogen) atoms. The van der Waals surface area contributed by atoms with Gasteiger partial charge in [-0.3, -0.25) is 4.79 Å². The molecule has 1 unspecified atom stereocenters. The molecule has 0 aliphatic carbocycles. The largest absolute Gasteiger partial charge is 0.489 e. The van der Waals surface area contributed by atoms with Crippen molar-refractivity contribution in [1.82, 2.24) is 5.32 Å². The van der Waals surface area contributed by atoms with E-state index in [1.54, 1.807) is 0 Å². The molecule has 0 bridgehead atoms. The predicted octanol–water partition coefficient (Wildman–Crippen LogP) is 3.46. The van der Waals surface area contributed by atoms with Crippen LogP contribution in [0.3, 0.4) is 0 Å². The minimum absolute atomic E-state index is 0.0426. The first-order valence-electron chi connectivity index (χ1n) is 7.78. The zero-order valence-corrected chi connectivity index (χ0v) is 13.5. The lowest BCUT2D eigenvalue weighted by atomic mass is 10.0. The lowest BCUT2D eigenvalue weighted by Gasteiger charge is -2.18. The molecule has 0 heterocycles. The van der Waals surface area contributed by atoms with Crippen molar-refractivity contribution in [2.24, 2.45) is 5.92 Å². The van der Waals surface area contributed by atoms with Crippen LogP contribution in [-0.2, 0) is 17.9 Å².